The molecule has 0 bridgehead atoms. The molecular formula is C17H23N5O3. The van der Waals surface area contributed by atoms with Crippen LogP contribution in [0.15, 0.2) is 24.3 Å². The Morgan fingerprint density at radius 2 is 1.96 bits per heavy atom. The van der Waals surface area contributed by atoms with Gasteiger partial charge in [-0.3, -0.25) is 0 Å². The highest BCUT2D eigenvalue weighted by molar-refractivity contribution is 5.91. The van der Waals surface area contributed by atoms with Crippen molar-refractivity contribution in [2.24, 2.45) is 0 Å². The first kappa shape index (κ1) is 18.3. The first-order valence-electron chi connectivity index (χ1n) is 7.72. The SMILES string of the molecule is COc1cccc(NC(=O)NCc2cc(C)nc(N(C)C)n2)c1OC. The first-order valence-corrected chi connectivity index (χ1v) is 7.72. The fourth-order valence-corrected chi connectivity index (χ4v) is 2.23. The number of benzene rings is 1. The van der Waals surface area contributed by atoms with Gasteiger partial charge in [-0.2, -0.15) is 0 Å². The molecule has 1 aromatic heterocycles. The maximum Gasteiger partial charge on any atom is 0.319 e. The van der Waals surface area contributed by atoms with E-state index in [4.69, 9.17) is 9.47 Å². The van der Waals surface area contributed by atoms with Gasteiger partial charge >= 0.3 is 6.03 Å². The van der Waals surface area contributed by atoms with E-state index in [0.717, 1.165) is 11.4 Å². The van der Waals surface area contributed by atoms with Crippen molar-refractivity contribution in [1.82, 2.24) is 15.3 Å². The van der Waals surface area contributed by atoms with Gasteiger partial charge in [0.05, 0.1) is 32.1 Å². The van der Waals surface area contributed by atoms with Gasteiger partial charge in [-0.15, -0.1) is 0 Å². The van der Waals surface area contributed by atoms with E-state index in [0.29, 0.717) is 23.1 Å². The molecule has 8 heteroatoms. The van der Waals surface area contributed by atoms with Crippen LogP contribution in [0.5, 0.6) is 11.5 Å². The smallest absolute Gasteiger partial charge is 0.319 e. The number of nitrogens with zero attached hydrogens (tertiary/aromatic N) is 3. The Morgan fingerprint density at radius 3 is 2.60 bits per heavy atom. The van der Waals surface area contributed by atoms with Crippen LogP contribution in [-0.2, 0) is 6.54 Å². The average Bonchev–Trinajstić information content (AvgIpc) is 2.59. The van der Waals surface area contributed by atoms with Crippen molar-refractivity contribution >= 4 is 17.7 Å². The number of aromatic nitrogens is 2. The van der Waals surface area contributed by atoms with Gasteiger partial charge in [-0.05, 0) is 25.1 Å². The maximum atomic E-state index is 12.2. The number of amides is 2. The summed E-state index contributed by atoms with van der Waals surface area (Å²) in [5, 5.41) is 5.52. The minimum absolute atomic E-state index is 0.280. The number of anilines is 2. The number of carbonyl (C=O) groups is 1. The van der Waals surface area contributed by atoms with Crippen molar-refractivity contribution in [3.8, 4) is 11.5 Å². The second kappa shape index (κ2) is 8.18. The first-order chi connectivity index (χ1) is 11.9. The Hall–Kier alpha value is -3.03. The van der Waals surface area contributed by atoms with Crippen LogP contribution in [0, 0.1) is 6.92 Å². The topological polar surface area (TPSA) is 88.6 Å². The molecule has 2 aromatic rings. The van der Waals surface area contributed by atoms with Crippen LogP contribution < -0.4 is 25.0 Å². The van der Waals surface area contributed by atoms with Gasteiger partial charge in [0.15, 0.2) is 11.5 Å². The van der Waals surface area contributed by atoms with E-state index in [1.165, 1.54) is 7.11 Å². The molecule has 8 nitrogen and oxygen atoms in total. The van der Waals surface area contributed by atoms with E-state index in [1.54, 1.807) is 25.3 Å². The Bertz CT molecular complexity index is 749. The van der Waals surface area contributed by atoms with Crippen molar-refractivity contribution in [3.05, 3.63) is 35.7 Å². The molecule has 0 atom stereocenters. The van der Waals surface area contributed by atoms with Crippen molar-refractivity contribution in [3.63, 3.8) is 0 Å². The summed E-state index contributed by atoms with van der Waals surface area (Å²) < 4.78 is 10.5. The molecule has 1 aromatic carbocycles. The molecule has 1 heterocycles. The number of aryl methyl sites for hydroxylation is 1. The third-order valence-corrected chi connectivity index (χ3v) is 3.38. The summed E-state index contributed by atoms with van der Waals surface area (Å²) in [6, 6.07) is 6.73. The van der Waals surface area contributed by atoms with Crippen molar-refractivity contribution in [1.29, 1.82) is 0 Å². The normalized spacial score (nSPS) is 10.1. The van der Waals surface area contributed by atoms with E-state index in [1.807, 2.05) is 32.0 Å². The van der Waals surface area contributed by atoms with Gasteiger partial charge in [0, 0.05) is 19.8 Å². The molecule has 0 aliphatic heterocycles. The van der Waals surface area contributed by atoms with E-state index < -0.39 is 0 Å². The van der Waals surface area contributed by atoms with Crippen LogP contribution >= 0.6 is 0 Å². The minimum Gasteiger partial charge on any atom is -0.493 e. The van der Waals surface area contributed by atoms with Crippen LogP contribution in [0.1, 0.15) is 11.4 Å². The van der Waals surface area contributed by atoms with Crippen molar-refractivity contribution < 1.29 is 14.3 Å². The number of urea groups is 1. The number of rotatable bonds is 6. The van der Waals surface area contributed by atoms with E-state index in [9.17, 15) is 4.79 Å². The lowest BCUT2D eigenvalue weighted by Gasteiger charge is -2.15. The number of para-hydroxylation sites is 1. The fraction of sp³-hybridized carbons (Fsp3) is 0.353. The second-order valence-electron chi connectivity index (χ2n) is 5.54. The number of ether oxygens (including phenoxy) is 2. The summed E-state index contributed by atoms with van der Waals surface area (Å²) in [5.41, 5.74) is 2.08. The Balaban J connectivity index is 2.05. The Kier molecular flexibility index (Phi) is 5.99. The zero-order chi connectivity index (χ0) is 18.4. The lowest BCUT2D eigenvalue weighted by Crippen LogP contribution is -2.29. The van der Waals surface area contributed by atoms with E-state index in [2.05, 4.69) is 20.6 Å². The van der Waals surface area contributed by atoms with Gasteiger partial charge in [-0.25, -0.2) is 14.8 Å². The zero-order valence-corrected chi connectivity index (χ0v) is 15.1. The molecule has 0 aliphatic carbocycles. The van der Waals surface area contributed by atoms with E-state index >= 15 is 0 Å². The zero-order valence-electron chi connectivity index (χ0n) is 15.1. The van der Waals surface area contributed by atoms with E-state index in [-0.39, 0.29) is 12.6 Å². The molecule has 2 rings (SSSR count). The maximum absolute atomic E-state index is 12.2. The number of nitrogens with one attached hydrogen (secondary N) is 2. The summed E-state index contributed by atoms with van der Waals surface area (Å²) in [4.78, 5) is 22.7. The van der Waals surface area contributed by atoms with Gasteiger partial charge in [-0.1, -0.05) is 6.07 Å². The van der Waals surface area contributed by atoms with Crippen LogP contribution in [-0.4, -0.2) is 44.3 Å². The minimum atomic E-state index is -0.366. The van der Waals surface area contributed by atoms with Gasteiger partial charge < -0.3 is 25.0 Å². The highest BCUT2D eigenvalue weighted by atomic mass is 16.5. The van der Waals surface area contributed by atoms with Crippen LogP contribution in [0.3, 0.4) is 0 Å². The number of hydrogen-bond donors (Lipinski definition) is 2. The third kappa shape index (κ3) is 4.72. The molecule has 2 amide bonds. The summed E-state index contributed by atoms with van der Waals surface area (Å²) in [5.74, 6) is 1.61. The number of methoxy groups -OCH3 is 2. The Morgan fingerprint density at radius 1 is 1.20 bits per heavy atom. The monoisotopic (exact) mass is 345 g/mol. The van der Waals surface area contributed by atoms with Crippen LogP contribution in [0.4, 0.5) is 16.4 Å². The molecule has 134 valence electrons. The predicted molar refractivity (Wildman–Crippen MR) is 96.5 cm³/mol. The molecule has 2 N–H and O–H groups in total. The number of hydrogen-bond acceptors (Lipinski definition) is 6. The Labute approximate surface area is 147 Å². The third-order valence-electron chi connectivity index (χ3n) is 3.38. The van der Waals surface area contributed by atoms with Crippen LogP contribution in [0.25, 0.3) is 0 Å². The molecule has 0 radical (unpaired) electrons. The van der Waals surface area contributed by atoms with Gasteiger partial charge in [0.1, 0.15) is 0 Å². The van der Waals surface area contributed by atoms with Gasteiger partial charge in [0.2, 0.25) is 5.95 Å². The molecule has 0 fully saturated rings. The lowest BCUT2D eigenvalue weighted by molar-refractivity contribution is 0.251. The molecule has 25 heavy (non-hydrogen) atoms. The van der Waals surface area contributed by atoms with Gasteiger partial charge in [0.25, 0.3) is 0 Å². The number of carbonyl (C=O) groups excluding carboxylic acids is 1. The standard InChI is InChI=1S/C17H23N5O3/c1-11-9-12(20-16(19-11)22(2)3)10-18-17(23)21-13-7-6-8-14(24-4)15(13)25-5/h6-9H,10H2,1-5H3,(H2,18,21,23). The fourth-order valence-electron chi connectivity index (χ4n) is 2.23. The highest BCUT2D eigenvalue weighted by Crippen LogP contribution is 2.34. The summed E-state index contributed by atoms with van der Waals surface area (Å²) in [7, 11) is 6.80. The molecule has 0 saturated carbocycles. The second-order valence-corrected chi connectivity index (χ2v) is 5.54. The summed E-state index contributed by atoms with van der Waals surface area (Å²) in [6.07, 6.45) is 0. The van der Waals surface area contributed by atoms with Crippen molar-refractivity contribution in [2.75, 3.05) is 38.5 Å². The predicted octanol–water partition coefficient (Wildman–Crippen LogP) is 2.19. The highest BCUT2D eigenvalue weighted by Gasteiger charge is 2.12. The molecule has 0 unspecified atom stereocenters. The average molecular weight is 345 g/mol. The summed E-state index contributed by atoms with van der Waals surface area (Å²) >= 11 is 0. The molecular weight excluding hydrogens is 322 g/mol. The van der Waals surface area contributed by atoms with Crippen molar-refractivity contribution in [2.45, 2.75) is 13.5 Å². The molecule has 0 spiro atoms. The molecule has 0 aliphatic rings. The van der Waals surface area contributed by atoms with Crippen LogP contribution in [0.2, 0.25) is 0 Å². The summed E-state index contributed by atoms with van der Waals surface area (Å²) in [6.45, 7) is 2.17. The molecule has 0 saturated heterocycles. The largest absolute Gasteiger partial charge is 0.493 e. The quantitative estimate of drug-likeness (QED) is 0.834. The lowest BCUT2D eigenvalue weighted by atomic mass is 10.2.